The zero-order valence-electron chi connectivity index (χ0n) is 21.4. The number of rotatable bonds is 6. The Morgan fingerprint density at radius 3 is 2.28 bits per heavy atom. The van der Waals surface area contributed by atoms with Crippen molar-refractivity contribution in [1.82, 2.24) is 19.5 Å². The van der Waals surface area contributed by atoms with E-state index in [1.54, 1.807) is 18.5 Å². The molecule has 5 rings (SSSR count). The lowest BCUT2D eigenvalue weighted by atomic mass is 9.87. The highest BCUT2D eigenvalue weighted by molar-refractivity contribution is 7.92. The maximum atomic E-state index is 13.4. The van der Waals surface area contributed by atoms with E-state index in [0.717, 1.165) is 44.1 Å². The van der Waals surface area contributed by atoms with Crippen LogP contribution in [0.1, 0.15) is 83.7 Å². The average molecular weight is 512 g/mol. The molecular formula is C26H37N7O2S. The van der Waals surface area contributed by atoms with Crippen molar-refractivity contribution in [1.29, 1.82) is 0 Å². The van der Waals surface area contributed by atoms with Crippen molar-refractivity contribution in [2.75, 3.05) is 10.0 Å². The van der Waals surface area contributed by atoms with Crippen LogP contribution in [-0.4, -0.2) is 40.0 Å². The Labute approximate surface area is 213 Å². The van der Waals surface area contributed by atoms with Crippen LogP contribution in [0.25, 0.3) is 11.2 Å². The summed E-state index contributed by atoms with van der Waals surface area (Å²) >= 11 is 0. The van der Waals surface area contributed by atoms with Crippen LogP contribution in [0, 0.1) is 0 Å². The van der Waals surface area contributed by atoms with Crippen molar-refractivity contribution in [3.05, 3.63) is 36.2 Å². The third-order valence-corrected chi connectivity index (χ3v) is 8.86. The van der Waals surface area contributed by atoms with Crippen LogP contribution in [0.15, 0.2) is 35.5 Å². The van der Waals surface area contributed by atoms with Gasteiger partial charge in [0, 0.05) is 18.1 Å². The maximum Gasteiger partial charge on any atom is 0.263 e. The van der Waals surface area contributed by atoms with Gasteiger partial charge < -0.3 is 15.6 Å². The Morgan fingerprint density at radius 1 is 0.972 bits per heavy atom. The molecule has 0 radical (unpaired) electrons. The fourth-order valence-corrected chi connectivity index (χ4v) is 6.28. The first-order valence-corrected chi connectivity index (χ1v) is 14.5. The van der Waals surface area contributed by atoms with Crippen molar-refractivity contribution in [3.63, 3.8) is 0 Å². The zero-order chi connectivity index (χ0) is 25.5. The average Bonchev–Trinajstić information content (AvgIpc) is 3.50. The van der Waals surface area contributed by atoms with E-state index in [1.165, 1.54) is 12.8 Å². The highest BCUT2D eigenvalue weighted by Crippen LogP contribution is 2.34. The van der Waals surface area contributed by atoms with Gasteiger partial charge in [0.1, 0.15) is 0 Å². The number of fused-ring (bicyclic) bond motifs is 1. The van der Waals surface area contributed by atoms with Crippen LogP contribution in [0.5, 0.6) is 0 Å². The Hall–Kier alpha value is -2.72. The van der Waals surface area contributed by atoms with Crippen LogP contribution >= 0.6 is 0 Å². The smallest absolute Gasteiger partial charge is 0.263 e. The molecule has 0 amide bonds. The summed E-state index contributed by atoms with van der Waals surface area (Å²) in [7, 11) is -3.87. The Kier molecular flexibility index (Phi) is 6.67. The van der Waals surface area contributed by atoms with E-state index < -0.39 is 10.0 Å². The second-order valence-electron chi connectivity index (χ2n) is 11.3. The topological polar surface area (TPSA) is 128 Å². The number of imidazole rings is 1. The van der Waals surface area contributed by atoms with Gasteiger partial charge in [-0.05, 0) is 61.6 Å². The van der Waals surface area contributed by atoms with Gasteiger partial charge in [0.2, 0.25) is 5.95 Å². The number of nitrogens with two attached hydrogens (primary N) is 1. The van der Waals surface area contributed by atoms with Crippen molar-refractivity contribution in [2.24, 2.45) is 5.73 Å². The highest BCUT2D eigenvalue weighted by Gasteiger charge is 2.26. The van der Waals surface area contributed by atoms with Gasteiger partial charge in [-0.15, -0.1) is 0 Å². The van der Waals surface area contributed by atoms with E-state index in [-0.39, 0.29) is 28.2 Å². The molecule has 36 heavy (non-hydrogen) atoms. The molecule has 2 aliphatic carbocycles. The first-order valence-electron chi connectivity index (χ1n) is 13.0. The van der Waals surface area contributed by atoms with E-state index in [9.17, 15) is 8.42 Å². The first kappa shape index (κ1) is 25.0. The number of sulfonamides is 1. The molecular weight excluding hydrogens is 474 g/mol. The summed E-state index contributed by atoms with van der Waals surface area (Å²) in [6.45, 7) is 6.30. The predicted molar refractivity (Wildman–Crippen MR) is 143 cm³/mol. The van der Waals surface area contributed by atoms with Crippen molar-refractivity contribution in [3.8, 4) is 0 Å². The molecule has 3 aromatic rings. The normalized spacial score (nSPS) is 21.7. The molecule has 10 heteroatoms. The minimum atomic E-state index is -3.87. The third-order valence-electron chi connectivity index (χ3n) is 7.51. The monoisotopic (exact) mass is 511 g/mol. The second-order valence-corrected chi connectivity index (χ2v) is 13.0. The molecule has 2 fully saturated rings. The summed E-state index contributed by atoms with van der Waals surface area (Å²) in [6, 6.07) is 7.77. The van der Waals surface area contributed by atoms with E-state index >= 15 is 0 Å². The number of aromatic nitrogens is 4. The van der Waals surface area contributed by atoms with Crippen LogP contribution in [0.4, 0.5) is 11.8 Å². The van der Waals surface area contributed by atoms with E-state index in [0.29, 0.717) is 23.2 Å². The molecule has 4 N–H and O–H groups in total. The standard InChI is InChI=1S/C26H37N7O2S/c1-26(2,3)17-8-14-21(15-9-17)36(34,35)32-23-22-24(33(16-28-22)20-6-4-5-7-20)31-25(30-23)29-19-12-10-18(27)11-13-19/h8-9,14-16,18-20H,4-7,10-13,27H2,1-3H3,(H2,29,30,31,32). The van der Waals surface area contributed by atoms with Gasteiger partial charge in [-0.3, -0.25) is 4.72 Å². The summed E-state index contributed by atoms with van der Waals surface area (Å²) in [6.07, 6.45) is 10.0. The largest absolute Gasteiger partial charge is 0.351 e. The molecule has 0 atom stereocenters. The Morgan fingerprint density at radius 2 is 1.64 bits per heavy atom. The number of anilines is 2. The summed E-state index contributed by atoms with van der Waals surface area (Å²) in [5.41, 5.74) is 8.21. The molecule has 0 saturated heterocycles. The van der Waals surface area contributed by atoms with Gasteiger partial charge in [0.05, 0.1) is 11.2 Å². The number of hydrogen-bond donors (Lipinski definition) is 3. The molecule has 2 heterocycles. The van der Waals surface area contributed by atoms with Gasteiger partial charge in [0.15, 0.2) is 17.0 Å². The lowest BCUT2D eigenvalue weighted by Gasteiger charge is -2.27. The predicted octanol–water partition coefficient (Wildman–Crippen LogP) is 4.72. The van der Waals surface area contributed by atoms with Gasteiger partial charge in [-0.2, -0.15) is 9.97 Å². The zero-order valence-corrected chi connectivity index (χ0v) is 22.2. The highest BCUT2D eigenvalue weighted by atomic mass is 32.2. The first-order chi connectivity index (χ1) is 17.1. The maximum absolute atomic E-state index is 13.4. The summed E-state index contributed by atoms with van der Waals surface area (Å²) in [4.78, 5) is 14.1. The molecule has 194 valence electrons. The minimum Gasteiger partial charge on any atom is -0.351 e. The van der Waals surface area contributed by atoms with Crippen LogP contribution in [-0.2, 0) is 15.4 Å². The van der Waals surface area contributed by atoms with Gasteiger partial charge >= 0.3 is 0 Å². The van der Waals surface area contributed by atoms with Crippen molar-refractivity contribution < 1.29 is 8.42 Å². The fraction of sp³-hybridized carbons (Fsp3) is 0.577. The summed E-state index contributed by atoms with van der Waals surface area (Å²) in [5.74, 6) is 0.621. The molecule has 0 bridgehead atoms. The van der Waals surface area contributed by atoms with E-state index in [1.807, 2.05) is 12.1 Å². The molecule has 2 aliphatic rings. The van der Waals surface area contributed by atoms with E-state index in [2.05, 4.69) is 45.3 Å². The third kappa shape index (κ3) is 5.20. The van der Waals surface area contributed by atoms with Gasteiger partial charge in [-0.25, -0.2) is 13.4 Å². The van der Waals surface area contributed by atoms with Crippen LogP contribution in [0.3, 0.4) is 0 Å². The van der Waals surface area contributed by atoms with Gasteiger partial charge in [-0.1, -0.05) is 45.7 Å². The number of hydrogen-bond acceptors (Lipinski definition) is 7. The van der Waals surface area contributed by atoms with E-state index in [4.69, 9.17) is 10.7 Å². The Balaban J connectivity index is 1.49. The SMILES string of the molecule is CC(C)(C)c1ccc(S(=O)(=O)Nc2nc(NC3CCC(N)CC3)nc3c2ncn3C2CCCC2)cc1. The number of benzene rings is 1. The molecule has 2 saturated carbocycles. The number of nitrogens with zero attached hydrogens (tertiary/aromatic N) is 4. The molecule has 0 aliphatic heterocycles. The second kappa shape index (κ2) is 9.63. The van der Waals surface area contributed by atoms with Crippen LogP contribution < -0.4 is 15.8 Å². The lowest BCUT2D eigenvalue weighted by Crippen LogP contribution is -2.33. The summed E-state index contributed by atoms with van der Waals surface area (Å²) in [5, 5.41) is 3.44. The molecule has 9 nitrogen and oxygen atoms in total. The Bertz CT molecular complexity index is 1310. The molecule has 0 unspecified atom stereocenters. The quantitative estimate of drug-likeness (QED) is 0.437. The fourth-order valence-electron chi connectivity index (χ4n) is 5.27. The minimum absolute atomic E-state index is 0.0643. The van der Waals surface area contributed by atoms with Gasteiger partial charge in [0.25, 0.3) is 10.0 Å². The van der Waals surface area contributed by atoms with Crippen LogP contribution in [0.2, 0.25) is 0 Å². The molecule has 0 spiro atoms. The molecule has 1 aromatic carbocycles. The molecule has 2 aromatic heterocycles. The van der Waals surface area contributed by atoms with Crippen molar-refractivity contribution >= 4 is 33.0 Å². The number of nitrogens with one attached hydrogen (secondary N) is 2. The van der Waals surface area contributed by atoms with Crippen molar-refractivity contribution in [2.45, 2.75) is 101 Å². The lowest BCUT2D eigenvalue weighted by molar-refractivity contribution is 0.410. The summed E-state index contributed by atoms with van der Waals surface area (Å²) < 4.78 is 31.5.